The molecule has 0 unspecified atom stereocenters. The van der Waals surface area contributed by atoms with E-state index < -0.39 is 0 Å². The van der Waals surface area contributed by atoms with Crippen LogP contribution in [0.3, 0.4) is 0 Å². The number of para-hydroxylation sites is 2. The highest BCUT2D eigenvalue weighted by Crippen LogP contribution is 2.22. The van der Waals surface area contributed by atoms with Gasteiger partial charge in [0.2, 0.25) is 0 Å². The van der Waals surface area contributed by atoms with Crippen LogP contribution in [0.15, 0.2) is 53.6 Å². The fourth-order valence-electron chi connectivity index (χ4n) is 1.84. The molecule has 0 spiro atoms. The zero-order chi connectivity index (χ0) is 15.8. The van der Waals surface area contributed by atoms with Crippen LogP contribution < -0.4 is 15.5 Å². The van der Waals surface area contributed by atoms with Crippen LogP contribution in [0.2, 0.25) is 0 Å². The second-order valence-electron chi connectivity index (χ2n) is 4.76. The normalized spacial score (nSPS) is 10.5. The molecular formula is C17H19N3O2. The summed E-state index contributed by atoms with van der Waals surface area (Å²) in [7, 11) is 1.59. The van der Waals surface area contributed by atoms with Gasteiger partial charge in [0, 0.05) is 0 Å². The molecule has 5 heteroatoms. The second kappa shape index (κ2) is 7.83. The zero-order valence-corrected chi connectivity index (χ0v) is 12.7. The van der Waals surface area contributed by atoms with Crippen LogP contribution in [-0.2, 0) is 4.79 Å². The van der Waals surface area contributed by atoms with Crippen molar-refractivity contribution in [1.82, 2.24) is 5.43 Å². The lowest BCUT2D eigenvalue weighted by molar-refractivity contribution is -0.119. The summed E-state index contributed by atoms with van der Waals surface area (Å²) in [6, 6.07) is 15.3. The van der Waals surface area contributed by atoms with Crippen LogP contribution in [0.1, 0.15) is 11.1 Å². The highest BCUT2D eigenvalue weighted by molar-refractivity contribution is 5.84. The first-order chi connectivity index (χ1) is 10.7. The standard InChI is InChI=1S/C17H19N3O2/c1-13-7-9-14(10-8-13)11-19-20-17(21)12-18-15-5-3-4-6-16(15)22-2/h3-11,18H,12H2,1-2H3,(H,20,21). The molecule has 0 aliphatic heterocycles. The number of amides is 1. The van der Waals surface area contributed by atoms with E-state index in [9.17, 15) is 4.79 Å². The largest absolute Gasteiger partial charge is 0.495 e. The van der Waals surface area contributed by atoms with E-state index in [1.807, 2.05) is 55.5 Å². The molecular weight excluding hydrogens is 278 g/mol. The summed E-state index contributed by atoms with van der Waals surface area (Å²) in [4.78, 5) is 11.7. The molecule has 2 aromatic carbocycles. The topological polar surface area (TPSA) is 62.7 Å². The van der Waals surface area contributed by atoms with E-state index in [-0.39, 0.29) is 12.5 Å². The number of nitrogens with one attached hydrogen (secondary N) is 2. The molecule has 0 bridgehead atoms. The van der Waals surface area contributed by atoms with E-state index >= 15 is 0 Å². The van der Waals surface area contributed by atoms with Gasteiger partial charge in [-0.2, -0.15) is 5.10 Å². The molecule has 2 rings (SSSR count). The highest BCUT2D eigenvalue weighted by Gasteiger charge is 2.03. The number of ether oxygens (including phenoxy) is 1. The average Bonchev–Trinajstić information content (AvgIpc) is 2.55. The number of hydrogen-bond acceptors (Lipinski definition) is 4. The Kier molecular flexibility index (Phi) is 5.54. The fourth-order valence-corrected chi connectivity index (χ4v) is 1.84. The smallest absolute Gasteiger partial charge is 0.259 e. The molecule has 0 fully saturated rings. The van der Waals surface area contributed by atoms with Crippen molar-refractivity contribution in [3.63, 3.8) is 0 Å². The number of anilines is 1. The van der Waals surface area contributed by atoms with E-state index in [1.165, 1.54) is 5.56 Å². The van der Waals surface area contributed by atoms with Gasteiger partial charge in [0.15, 0.2) is 0 Å². The number of hydrogen-bond donors (Lipinski definition) is 2. The highest BCUT2D eigenvalue weighted by atomic mass is 16.5. The number of carbonyl (C=O) groups is 1. The third-order valence-corrected chi connectivity index (χ3v) is 3.03. The average molecular weight is 297 g/mol. The Morgan fingerprint density at radius 1 is 1.18 bits per heavy atom. The Morgan fingerprint density at radius 2 is 1.91 bits per heavy atom. The van der Waals surface area contributed by atoms with E-state index in [0.717, 1.165) is 11.3 Å². The van der Waals surface area contributed by atoms with Crippen molar-refractivity contribution in [2.75, 3.05) is 19.0 Å². The van der Waals surface area contributed by atoms with Crippen molar-refractivity contribution in [2.24, 2.45) is 5.10 Å². The van der Waals surface area contributed by atoms with Crippen molar-refractivity contribution < 1.29 is 9.53 Å². The van der Waals surface area contributed by atoms with E-state index in [2.05, 4.69) is 15.8 Å². The minimum atomic E-state index is -0.228. The lowest BCUT2D eigenvalue weighted by Crippen LogP contribution is -2.26. The van der Waals surface area contributed by atoms with Crippen molar-refractivity contribution in [1.29, 1.82) is 0 Å². The number of hydrazone groups is 1. The molecule has 2 N–H and O–H groups in total. The van der Waals surface area contributed by atoms with Crippen LogP contribution in [-0.4, -0.2) is 25.8 Å². The molecule has 2 aromatic rings. The molecule has 0 saturated carbocycles. The molecule has 0 saturated heterocycles. The van der Waals surface area contributed by atoms with Gasteiger partial charge in [-0.05, 0) is 24.6 Å². The summed E-state index contributed by atoms with van der Waals surface area (Å²) < 4.78 is 5.20. The SMILES string of the molecule is COc1ccccc1NCC(=O)NN=Cc1ccc(C)cc1. The molecule has 0 atom stereocenters. The summed E-state index contributed by atoms with van der Waals surface area (Å²) in [5, 5.41) is 6.94. The van der Waals surface area contributed by atoms with Crippen LogP contribution in [0.4, 0.5) is 5.69 Å². The Hall–Kier alpha value is -2.82. The van der Waals surface area contributed by atoms with Gasteiger partial charge in [-0.25, -0.2) is 5.43 Å². The number of methoxy groups -OCH3 is 1. The van der Waals surface area contributed by atoms with Crippen LogP contribution in [0.25, 0.3) is 0 Å². The van der Waals surface area contributed by atoms with Crippen LogP contribution in [0, 0.1) is 6.92 Å². The van der Waals surface area contributed by atoms with Crippen molar-refractivity contribution in [2.45, 2.75) is 6.92 Å². The summed E-state index contributed by atoms with van der Waals surface area (Å²) in [6.07, 6.45) is 1.61. The summed E-state index contributed by atoms with van der Waals surface area (Å²) in [6.45, 7) is 2.14. The Balaban J connectivity index is 1.82. The predicted molar refractivity (Wildman–Crippen MR) is 88.4 cm³/mol. The maximum atomic E-state index is 11.7. The number of carbonyl (C=O) groups excluding carboxylic acids is 1. The van der Waals surface area contributed by atoms with Crippen LogP contribution >= 0.6 is 0 Å². The zero-order valence-electron chi connectivity index (χ0n) is 12.7. The predicted octanol–water partition coefficient (Wildman–Crippen LogP) is 2.57. The van der Waals surface area contributed by atoms with Crippen molar-refractivity contribution in [3.05, 3.63) is 59.7 Å². The first-order valence-electron chi connectivity index (χ1n) is 6.94. The molecule has 0 aliphatic rings. The molecule has 0 aromatic heterocycles. The monoisotopic (exact) mass is 297 g/mol. The third kappa shape index (κ3) is 4.63. The van der Waals surface area contributed by atoms with Crippen molar-refractivity contribution >= 4 is 17.8 Å². The van der Waals surface area contributed by atoms with Gasteiger partial charge in [0.1, 0.15) is 5.75 Å². The molecule has 1 amide bonds. The molecule has 114 valence electrons. The third-order valence-electron chi connectivity index (χ3n) is 3.03. The molecule has 0 aliphatic carbocycles. The van der Waals surface area contributed by atoms with Gasteiger partial charge in [-0.3, -0.25) is 4.79 Å². The van der Waals surface area contributed by atoms with Gasteiger partial charge in [0.05, 0.1) is 25.6 Å². The van der Waals surface area contributed by atoms with Crippen molar-refractivity contribution in [3.8, 4) is 5.75 Å². The van der Waals surface area contributed by atoms with E-state index in [0.29, 0.717) is 5.75 Å². The maximum Gasteiger partial charge on any atom is 0.259 e. The first kappa shape index (κ1) is 15.6. The van der Waals surface area contributed by atoms with Gasteiger partial charge in [-0.15, -0.1) is 0 Å². The molecule has 5 nitrogen and oxygen atoms in total. The quantitative estimate of drug-likeness (QED) is 0.636. The van der Waals surface area contributed by atoms with Gasteiger partial charge in [0.25, 0.3) is 5.91 Å². The Bertz CT molecular complexity index is 651. The molecule has 22 heavy (non-hydrogen) atoms. The minimum Gasteiger partial charge on any atom is -0.495 e. The number of aryl methyl sites for hydroxylation is 1. The summed E-state index contributed by atoms with van der Waals surface area (Å²) in [5.74, 6) is 0.465. The first-order valence-corrected chi connectivity index (χ1v) is 6.94. The number of benzene rings is 2. The van der Waals surface area contributed by atoms with Crippen LogP contribution in [0.5, 0.6) is 5.75 Å². The number of rotatable bonds is 6. The second-order valence-corrected chi connectivity index (χ2v) is 4.76. The van der Waals surface area contributed by atoms with E-state index in [1.54, 1.807) is 13.3 Å². The van der Waals surface area contributed by atoms with Gasteiger partial charge < -0.3 is 10.1 Å². The minimum absolute atomic E-state index is 0.117. The Morgan fingerprint density at radius 3 is 2.64 bits per heavy atom. The van der Waals surface area contributed by atoms with Gasteiger partial charge >= 0.3 is 0 Å². The number of nitrogens with zero attached hydrogens (tertiary/aromatic N) is 1. The lowest BCUT2D eigenvalue weighted by atomic mass is 10.2. The summed E-state index contributed by atoms with van der Waals surface area (Å²) in [5.41, 5.74) is 5.36. The molecule has 0 radical (unpaired) electrons. The van der Waals surface area contributed by atoms with E-state index in [4.69, 9.17) is 4.74 Å². The maximum absolute atomic E-state index is 11.7. The fraction of sp³-hybridized carbons (Fsp3) is 0.176. The summed E-state index contributed by atoms with van der Waals surface area (Å²) >= 11 is 0. The van der Waals surface area contributed by atoms with Gasteiger partial charge in [-0.1, -0.05) is 42.0 Å². The Labute approximate surface area is 130 Å². The molecule has 0 heterocycles. The lowest BCUT2D eigenvalue weighted by Gasteiger charge is -2.09.